The molecule has 0 bridgehead atoms. The largest absolute Gasteiger partial charge is 0.508 e. The third kappa shape index (κ3) is 2.79. The lowest BCUT2D eigenvalue weighted by Crippen LogP contribution is -2.15. The zero-order chi connectivity index (χ0) is 11.6. The van der Waals surface area contributed by atoms with E-state index >= 15 is 0 Å². The van der Waals surface area contributed by atoms with E-state index in [0.717, 1.165) is 0 Å². The summed E-state index contributed by atoms with van der Waals surface area (Å²) in [7, 11) is 0. The fourth-order valence-corrected chi connectivity index (χ4v) is 1.30. The van der Waals surface area contributed by atoms with Gasteiger partial charge >= 0.3 is 0 Å². The molecule has 5 heteroatoms. The topological polar surface area (TPSA) is 74.0 Å². The van der Waals surface area contributed by atoms with Crippen molar-refractivity contribution in [1.29, 1.82) is 0 Å². The number of nitrogens with zero attached hydrogens (tertiary/aromatic N) is 2. The van der Waals surface area contributed by atoms with Crippen LogP contribution in [0.3, 0.4) is 0 Å². The molecule has 1 amide bonds. The molecule has 1 heterocycles. The van der Waals surface area contributed by atoms with Crippen molar-refractivity contribution in [2.24, 2.45) is 10.2 Å². The zero-order valence-electron chi connectivity index (χ0n) is 8.97. The number of carbonyl (C=O) groups excluding carboxylic acids is 1. The second-order valence-corrected chi connectivity index (χ2v) is 4.01. The van der Waals surface area contributed by atoms with Gasteiger partial charge in [-0.15, -0.1) is 0 Å². The molecule has 2 rings (SSSR count). The van der Waals surface area contributed by atoms with Crippen LogP contribution >= 0.6 is 0 Å². The van der Waals surface area contributed by atoms with E-state index in [1.165, 1.54) is 12.1 Å². The highest BCUT2D eigenvalue weighted by molar-refractivity contribution is 5.90. The van der Waals surface area contributed by atoms with E-state index in [1.54, 1.807) is 12.1 Å². The van der Waals surface area contributed by atoms with Crippen LogP contribution in [0.2, 0.25) is 0 Å². The van der Waals surface area contributed by atoms with Gasteiger partial charge in [0.05, 0.1) is 0 Å². The van der Waals surface area contributed by atoms with Crippen molar-refractivity contribution in [2.45, 2.75) is 25.4 Å². The molecule has 0 saturated carbocycles. The van der Waals surface area contributed by atoms with Crippen molar-refractivity contribution >= 4 is 11.6 Å². The van der Waals surface area contributed by atoms with Crippen molar-refractivity contribution < 1.29 is 9.90 Å². The Morgan fingerprint density at radius 3 is 2.56 bits per heavy atom. The molecule has 1 aliphatic rings. The molecule has 0 unspecified atom stereocenters. The standard InChI is InChI=1S/C11H13N3O2/c1-11(13-14-11)7-6-10(16)12-8-2-4-9(15)5-3-8/h2-5,15H,6-7H2,1H3,(H,12,16). The minimum atomic E-state index is -0.327. The molecule has 84 valence electrons. The van der Waals surface area contributed by atoms with Gasteiger partial charge in [0.25, 0.3) is 0 Å². The number of hydrogen-bond donors (Lipinski definition) is 2. The first-order valence-electron chi connectivity index (χ1n) is 5.10. The Kier molecular flexibility index (Phi) is 2.60. The molecule has 2 N–H and O–H groups in total. The highest BCUT2D eigenvalue weighted by Crippen LogP contribution is 2.31. The Labute approximate surface area is 93.2 Å². The molecule has 1 aromatic carbocycles. The van der Waals surface area contributed by atoms with Crippen LogP contribution < -0.4 is 5.32 Å². The molecule has 1 aromatic rings. The Balaban J connectivity index is 1.80. The summed E-state index contributed by atoms with van der Waals surface area (Å²) in [5.41, 5.74) is 0.351. The summed E-state index contributed by atoms with van der Waals surface area (Å²) >= 11 is 0. The average Bonchev–Trinajstić information content (AvgIpc) is 2.98. The molecule has 0 spiro atoms. The van der Waals surface area contributed by atoms with Gasteiger partial charge in [0.2, 0.25) is 5.91 Å². The van der Waals surface area contributed by atoms with Crippen molar-refractivity contribution in [3.63, 3.8) is 0 Å². The number of carbonyl (C=O) groups is 1. The Morgan fingerprint density at radius 1 is 1.38 bits per heavy atom. The fourth-order valence-electron chi connectivity index (χ4n) is 1.30. The maximum atomic E-state index is 11.5. The number of phenols is 1. The van der Waals surface area contributed by atoms with E-state index in [1.807, 2.05) is 6.92 Å². The van der Waals surface area contributed by atoms with Gasteiger partial charge in [-0.05, 0) is 31.2 Å². The zero-order valence-corrected chi connectivity index (χ0v) is 8.97. The van der Waals surface area contributed by atoms with Crippen LogP contribution in [0.5, 0.6) is 5.75 Å². The first-order valence-corrected chi connectivity index (χ1v) is 5.10. The third-order valence-corrected chi connectivity index (χ3v) is 2.42. The number of amides is 1. The van der Waals surface area contributed by atoms with Crippen LogP contribution in [-0.2, 0) is 4.79 Å². The maximum absolute atomic E-state index is 11.5. The van der Waals surface area contributed by atoms with Gasteiger partial charge in [-0.25, -0.2) is 0 Å². The minimum absolute atomic E-state index is 0.0655. The number of benzene rings is 1. The molecule has 0 saturated heterocycles. The van der Waals surface area contributed by atoms with Crippen LogP contribution in [0.1, 0.15) is 19.8 Å². The molecule has 0 radical (unpaired) electrons. The smallest absolute Gasteiger partial charge is 0.224 e. The molecular formula is C11H13N3O2. The summed E-state index contributed by atoms with van der Waals surface area (Å²) in [6, 6.07) is 6.37. The van der Waals surface area contributed by atoms with E-state index in [-0.39, 0.29) is 17.3 Å². The van der Waals surface area contributed by atoms with Crippen LogP contribution in [-0.4, -0.2) is 16.7 Å². The number of aromatic hydroxyl groups is 1. The fraction of sp³-hybridized carbons (Fsp3) is 0.364. The summed E-state index contributed by atoms with van der Waals surface area (Å²) in [5, 5.41) is 19.5. The molecule has 0 aromatic heterocycles. The number of rotatable bonds is 4. The molecular weight excluding hydrogens is 206 g/mol. The monoisotopic (exact) mass is 219 g/mol. The maximum Gasteiger partial charge on any atom is 0.224 e. The second-order valence-electron chi connectivity index (χ2n) is 4.01. The third-order valence-electron chi connectivity index (χ3n) is 2.42. The van der Waals surface area contributed by atoms with Gasteiger partial charge in [-0.1, -0.05) is 0 Å². The van der Waals surface area contributed by atoms with E-state index in [2.05, 4.69) is 15.5 Å². The summed E-state index contributed by atoms with van der Waals surface area (Å²) < 4.78 is 0. The molecule has 5 nitrogen and oxygen atoms in total. The molecule has 0 atom stereocenters. The number of nitrogens with one attached hydrogen (secondary N) is 1. The van der Waals surface area contributed by atoms with Gasteiger partial charge in [-0.2, -0.15) is 10.2 Å². The Bertz CT molecular complexity index is 419. The average molecular weight is 219 g/mol. The van der Waals surface area contributed by atoms with E-state index in [9.17, 15) is 4.79 Å². The number of anilines is 1. The van der Waals surface area contributed by atoms with Crippen molar-refractivity contribution in [1.82, 2.24) is 0 Å². The van der Waals surface area contributed by atoms with Gasteiger partial charge in [-0.3, -0.25) is 4.79 Å². The number of phenolic OH excluding ortho intramolecular Hbond substituents is 1. The summed E-state index contributed by atoms with van der Waals surface area (Å²) in [6.45, 7) is 1.89. The summed E-state index contributed by atoms with van der Waals surface area (Å²) in [4.78, 5) is 11.5. The van der Waals surface area contributed by atoms with Crippen molar-refractivity contribution in [2.75, 3.05) is 5.32 Å². The Hall–Kier alpha value is -1.91. The second kappa shape index (κ2) is 3.92. The lowest BCUT2D eigenvalue weighted by atomic mass is 10.1. The van der Waals surface area contributed by atoms with Gasteiger partial charge < -0.3 is 10.4 Å². The summed E-state index contributed by atoms with van der Waals surface area (Å²) in [6.07, 6.45) is 1.03. The lowest BCUT2D eigenvalue weighted by molar-refractivity contribution is -0.116. The predicted molar refractivity (Wildman–Crippen MR) is 59.2 cm³/mol. The highest BCUT2D eigenvalue weighted by atomic mass is 16.3. The van der Waals surface area contributed by atoms with Crippen molar-refractivity contribution in [3.05, 3.63) is 24.3 Å². The normalized spacial score (nSPS) is 15.8. The highest BCUT2D eigenvalue weighted by Gasteiger charge is 2.33. The van der Waals surface area contributed by atoms with Crippen molar-refractivity contribution in [3.8, 4) is 5.75 Å². The lowest BCUT2D eigenvalue weighted by Gasteiger charge is -2.06. The first-order chi connectivity index (χ1) is 7.57. The van der Waals surface area contributed by atoms with Gasteiger partial charge in [0, 0.05) is 18.5 Å². The summed E-state index contributed by atoms with van der Waals surface area (Å²) in [5.74, 6) is 0.116. The minimum Gasteiger partial charge on any atom is -0.508 e. The SMILES string of the molecule is CC1(CCC(=O)Nc2ccc(O)cc2)N=N1. The quantitative estimate of drug-likeness (QED) is 0.762. The van der Waals surface area contributed by atoms with Crippen LogP contribution in [0, 0.1) is 0 Å². The van der Waals surface area contributed by atoms with E-state index in [0.29, 0.717) is 18.5 Å². The van der Waals surface area contributed by atoms with Gasteiger partial charge in [0.1, 0.15) is 5.75 Å². The van der Waals surface area contributed by atoms with Crippen LogP contribution in [0.4, 0.5) is 5.69 Å². The van der Waals surface area contributed by atoms with E-state index in [4.69, 9.17) is 5.11 Å². The molecule has 1 aliphatic heterocycles. The van der Waals surface area contributed by atoms with Gasteiger partial charge in [0.15, 0.2) is 5.66 Å². The van der Waals surface area contributed by atoms with Crippen LogP contribution in [0.25, 0.3) is 0 Å². The van der Waals surface area contributed by atoms with E-state index < -0.39 is 0 Å². The molecule has 0 fully saturated rings. The number of hydrogen-bond acceptors (Lipinski definition) is 4. The first kappa shape index (κ1) is 10.6. The van der Waals surface area contributed by atoms with Crippen LogP contribution in [0.15, 0.2) is 34.5 Å². The Morgan fingerprint density at radius 2 is 2.00 bits per heavy atom. The predicted octanol–water partition coefficient (Wildman–Crippen LogP) is 2.29. The molecule has 0 aliphatic carbocycles. The molecule has 16 heavy (non-hydrogen) atoms.